The summed E-state index contributed by atoms with van der Waals surface area (Å²) in [5.41, 5.74) is 0.977. The number of nitrogens with zero attached hydrogens (tertiary/aromatic N) is 2. The Balaban J connectivity index is 1.50. The molecule has 2 heterocycles. The van der Waals surface area contributed by atoms with Gasteiger partial charge in [0.2, 0.25) is 11.8 Å². The van der Waals surface area contributed by atoms with Crippen molar-refractivity contribution in [2.24, 2.45) is 5.92 Å². The number of benzene rings is 1. The topological polar surface area (TPSA) is 82.5 Å². The van der Waals surface area contributed by atoms with E-state index in [-0.39, 0.29) is 29.3 Å². The number of rotatable bonds is 4. The number of nitrogens with one attached hydrogen (secondary N) is 1. The average molecular weight is 351 g/mol. The molecule has 1 aliphatic rings. The molecule has 0 unspecified atom stereocenters. The van der Waals surface area contributed by atoms with Crippen LogP contribution in [0.5, 0.6) is 5.75 Å². The average Bonchev–Trinajstić information content (AvgIpc) is 2.69. The molecule has 1 aliphatic heterocycles. The fourth-order valence-electron chi connectivity index (χ4n) is 2.91. The highest BCUT2D eigenvalue weighted by Crippen LogP contribution is 2.23. The standard InChI is InChI=1S/C20H21N3O3/c24-17-7-4-12-21-19(17)22-20(26)16-10-13-23(14-11-16)18(25)9-8-15-5-2-1-3-6-15/h1-9,12,16,24H,10-11,13-14H2,(H,21,22,26)/b9-8+. The minimum absolute atomic E-state index is 0.0462. The SMILES string of the molecule is O=C(Nc1ncccc1O)C1CCN(C(=O)/C=C/c2ccccc2)CC1. The summed E-state index contributed by atoms with van der Waals surface area (Å²) in [7, 11) is 0. The van der Waals surface area contributed by atoms with Gasteiger partial charge in [-0.2, -0.15) is 0 Å². The Morgan fingerprint density at radius 2 is 1.85 bits per heavy atom. The zero-order valence-corrected chi connectivity index (χ0v) is 14.3. The fraction of sp³-hybridized carbons (Fsp3) is 0.250. The normalized spacial score (nSPS) is 15.2. The van der Waals surface area contributed by atoms with Crippen LogP contribution in [-0.2, 0) is 9.59 Å². The lowest BCUT2D eigenvalue weighted by molar-refractivity contribution is -0.130. The predicted octanol–water partition coefficient (Wildman–Crippen LogP) is 2.68. The molecule has 1 fully saturated rings. The third-order valence-electron chi connectivity index (χ3n) is 4.42. The van der Waals surface area contributed by atoms with E-state index in [1.54, 1.807) is 23.1 Å². The van der Waals surface area contributed by atoms with Crippen LogP contribution in [0.3, 0.4) is 0 Å². The van der Waals surface area contributed by atoms with Gasteiger partial charge >= 0.3 is 0 Å². The van der Waals surface area contributed by atoms with Crippen LogP contribution < -0.4 is 5.32 Å². The van der Waals surface area contributed by atoms with Gasteiger partial charge in [-0.15, -0.1) is 0 Å². The summed E-state index contributed by atoms with van der Waals surface area (Å²) in [6.45, 7) is 1.06. The first kappa shape index (κ1) is 17.7. The van der Waals surface area contributed by atoms with Crippen molar-refractivity contribution in [2.75, 3.05) is 18.4 Å². The molecular weight excluding hydrogens is 330 g/mol. The van der Waals surface area contributed by atoms with Crippen LogP contribution in [0.25, 0.3) is 6.08 Å². The summed E-state index contributed by atoms with van der Waals surface area (Å²) in [4.78, 5) is 30.3. The monoisotopic (exact) mass is 351 g/mol. The molecule has 0 radical (unpaired) electrons. The summed E-state index contributed by atoms with van der Waals surface area (Å²) in [5, 5.41) is 12.3. The lowest BCUT2D eigenvalue weighted by Gasteiger charge is -2.30. The number of aromatic hydroxyl groups is 1. The van der Waals surface area contributed by atoms with Crippen LogP contribution in [0.2, 0.25) is 0 Å². The number of likely N-dealkylation sites (tertiary alicyclic amines) is 1. The van der Waals surface area contributed by atoms with Crippen molar-refractivity contribution in [1.29, 1.82) is 0 Å². The molecule has 1 aromatic heterocycles. The quantitative estimate of drug-likeness (QED) is 0.830. The van der Waals surface area contributed by atoms with Gasteiger partial charge in [-0.25, -0.2) is 4.98 Å². The fourth-order valence-corrected chi connectivity index (χ4v) is 2.91. The molecule has 0 aliphatic carbocycles. The number of piperidine rings is 1. The van der Waals surface area contributed by atoms with Crippen LogP contribution in [0.1, 0.15) is 18.4 Å². The molecule has 0 saturated carbocycles. The van der Waals surface area contributed by atoms with E-state index in [4.69, 9.17) is 0 Å². The Labute approximate surface area is 152 Å². The van der Waals surface area contributed by atoms with E-state index >= 15 is 0 Å². The summed E-state index contributed by atoms with van der Waals surface area (Å²) < 4.78 is 0. The van der Waals surface area contributed by atoms with Gasteiger partial charge in [-0.3, -0.25) is 9.59 Å². The molecule has 3 rings (SSSR count). The first-order valence-corrected chi connectivity index (χ1v) is 8.60. The van der Waals surface area contributed by atoms with Crippen molar-refractivity contribution < 1.29 is 14.7 Å². The first-order chi connectivity index (χ1) is 12.6. The smallest absolute Gasteiger partial charge is 0.246 e. The number of aromatic nitrogens is 1. The Morgan fingerprint density at radius 3 is 2.54 bits per heavy atom. The number of anilines is 1. The van der Waals surface area contributed by atoms with Gasteiger partial charge in [-0.1, -0.05) is 30.3 Å². The number of carbonyl (C=O) groups is 2. The van der Waals surface area contributed by atoms with Crippen molar-refractivity contribution in [3.8, 4) is 5.75 Å². The zero-order chi connectivity index (χ0) is 18.4. The van der Waals surface area contributed by atoms with Crippen molar-refractivity contribution in [1.82, 2.24) is 9.88 Å². The molecule has 6 nitrogen and oxygen atoms in total. The Kier molecular flexibility index (Phi) is 5.63. The van der Waals surface area contributed by atoms with E-state index in [0.29, 0.717) is 25.9 Å². The second kappa shape index (κ2) is 8.29. The van der Waals surface area contributed by atoms with Crippen LogP contribution >= 0.6 is 0 Å². The van der Waals surface area contributed by atoms with Crippen LogP contribution in [0, 0.1) is 5.92 Å². The Hall–Kier alpha value is -3.15. The molecule has 1 aromatic carbocycles. The molecule has 0 bridgehead atoms. The molecule has 2 aromatic rings. The van der Waals surface area contributed by atoms with Gasteiger partial charge in [0.05, 0.1) is 0 Å². The number of hydrogen-bond acceptors (Lipinski definition) is 4. The molecule has 2 amide bonds. The van der Waals surface area contributed by atoms with Crippen LogP contribution in [0.15, 0.2) is 54.7 Å². The minimum atomic E-state index is -0.196. The first-order valence-electron chi connectivity index (χ1n) is 8.60. The maximum absolute atomic E-state index is 12.3. The lowest BCUT2D eigenvalue weighted by Crippen LogP contribution is -2.40. The highest BCUT2D eigenvalue weighted by atomic mass is 16.3. The van der Waals surface area contributed by atoms with Gasteiger partial charge in [0.15, 0.2) is 11.6 Å². The molecule has 0 spiro atoms. The van der Waals surface area contributed by atoms with Gasteiger partial charge in [-0.05, 0) is 36.6 Å². The Morgan fingerprint density at radius 1 is 1.12 bits per heavy atom. The van der Waals surface area contributed by atoms with Gasteiger partial charge < -0.3 is 15.3 Å². The Bertz CT molecular complexity index is 797. The van der Waals surface area contributed by atoms with Crippen molar-refractivity contribution >= 4 is 23.7 Å². The zero-order valence-electron chi connectivity index (χ0n) is 14.3. The van der Waals surface area contributed by atoms with Crippen molar-refractivity contribution in [3.05, 3.63) is 60.3 Å². The van der Waals surface area contributed by atoms with Gasteiger partial charge in [0.25, 0.3) is 0 Å². The van der Waals surface area contributed by atoms with E-state index in [1.165, 1.54) is 12.3 Å². The van der Waals surface area contributed by atoms with E-state index in [9.17, 15) is 14.7 Å². The molecule has 2 N–H and O–H groups in total. The molecule has 0 atom stereocenters. The summed E-state index contributed by atoms with van der Waals surface area (Å²) >= 11 is 0. The molecule has 1 saturated heterocycles. The predicted molar refractivity (Wildman–Crippen MR) is 99.3 cm³/mol. The lowest BCUT2D eigenvalue weighted by atomic mass is 9.96. The van der Waals surface area contributed by atoms with Crippen LogP contribution in [0.4, 0.5) is 5.82 Å². The maximum Gasteiger partial charge on any atom is 0.246 e. The van der Waals surface area contributed by atoms with E-state index in [0.717, 1.165) is 5.56 Å². The molecule has 26 heavy (non-hydrogen) atoms. The second-order valence-electron chi connectivity index (χ2n) is 6.20. The summed E-state index contributed by atoms with van der Waals surface area (Å²) in [6, 6.07) is 12.7. The second-order valence-corrected chi connectivity index (χ2v) is 6.20. The van der Waals surface area contributed by atoms with E-state index in [2.05, 4.69) is 10.3 Å². The molecule has 134 valence electrons. The van der Waals surface area contributed by atoms with Crippen molar-refractivity contribution in [3.63, 3.8) is 0 Å². The number of hydrogen-bond donors (Lipinski definition) is 2. The number of pyridine rings is 1. The van der Waals surface area contributed by atoms with E-state index < -0.39 is 0 Å². The minimum Gasteiger partial charge on any atom is -0.504 e. The maximum atomic E-state index is 12.3. The molecule has 6 heteroatoms. The largest absolute Gasteiger partial charge is 0.504 e. The van der Waals surface area contributed by atoms with E-state index in [1.807, 2.05) is 30.3 Å². The molecular formula is C20H21N3O3. The highest BCUT2D eigenvalue weighted by Gasteiger charge is 2.27. The third-order valence-corrected chi connectivity index (χ3v) is 4.42. The third kappa shape index (κ3) is 4.47. The van der Waals surface area contributed by atoms with Crippen LogP contribution in [-0.4, -0.2) is 39.9 Å². The van der Waals surface area contributed by atoms with Gasteiger partial charge in [0.1, 0.15) is 0 Å². The highest BCUT2D eigenvalue weighted by molar-refractivity contribution is 5.94. The number of amides is 2. The summed E-state index contributed by atoms with van der Waals surface area (Å²) in [5.74, 6) is -0.305. The van der Waals surface area contributed by atoms with Gasteiger partial charge in [0, 0.05) is 31.3 Å². The van der Waals surface area contributed by atoms with Crippen molar-refractivity contribution in [2.45, 2.75) is 12.8 Å². The number of carbonyl (C=O) groups excluding carboxylic acids is 2. The summed E-state index contributed by atoms with van der Waals surface area (Å²) in [6.07, 6.45) is 6.05.